The van der Waals surface area contributed by atoms with Crippen molar-refractivity contribution in [1.29, 1.82) is 0 Å². The Bertz CT molecular complexity index is 550. The van der Waals surface area contributed by atoms with Crippen molar-refractivity contribution in [3.8, 4) is 5.75 Å². The third-order valence-electron chi connectivity index (χ3n) is 3.87. The van der Waals surface area contributed by atoms with Crippen LogP contribution in [0.15, 0.2) is 18.2 Å². The van der Waals surface area contributed by atoms with E-state index in [0.29, 0.717) is 17.1 Å². The van der Waals surface area contributed by atoms with Crippen LogP contribution in [0.4, 0.5) is 11.4 Å². The molecule has 0 amide bonds. The van der Waals surface area contributed by atoms with Gasteiger partial charge in [-0.2, -0.15) is 0 Å². The van der Waals surface area contributed by atoms with E-state index in [1.807, 2.05) is 0 Å². The molecular weight excluding hydrogens is 290 g/mol. The molecule has 0 aliphatic heterocycles. The molecule has 114 valence electrons. The van der Waals surface area contributed by atoms with E-state index in [0.717, 1.165) is 6.42 Å². The number of benzene rings is 1. The second-order valence-corrected chi connectivity index (χ2v) is 5.83. The summed E-state index contributed by atoms with van der Waals surface area (Å²) in [5, 5.41) is 27.0. The maximum absolute atomic E-state index is 10.8. The van der Waals surface area contributed by atoms with Gasteiger partial charge in [0.25, 0.3) is 5.69 Å². The number of rotatable bonds is 3. The molecule has 1 aliphatic carbocycles. The van der Waals surface area contributed by atoms with Gasteiger partial charge in [0.15, 0.2) is 5.11 Å². The molecule has 6 nitrogen and oxygen atoms in total. The van der Waals surface area contributed by atoms with Crippen LogP contribution in [0.2, 0.25) is 0 Å². The van der Waals surface area contributed by atoms with Gasteiger partial charge in [0.1, 0.15) is 5.75 Å². The zero-order valence-corrected chi connectivity index (χ0v) is 12.7. The number of nitro groups is 1. The number of nitrogens with one attached hydrogen (secondary N) is 2. The molecule has 2 rings (SSSR count). The average molecular weight is 309 g/mol. The molecule has 7 heteroatoms. The normalized spacial score (nSPS) is 21.6. The van der Waals surface area contributed by atoms with Crippen molar-refractivity contribution in [3.05, 3.63) is 28.3 Å². The fourth-order valence-corrected chi connectivity index (χ4v) is 2.86. The van der Waals surface area contributed by atoms with Crippen molar-refractivity contribution >= 4 is 28.7 Å². The average Bonchev–Trinajstić information content (AvgIpc) is 2.43. The Morgan fingerprint density at radius 2 is 2.14 bits per heavy atom. The number of aromatic hydroxyl groups is 1. The van der Waals surface area contributed by atoms with E-state index in [2.05, 4.69) is 17.6 Å². The second kappa shape index (κ2) is 6.71. The number of phenolic OH excluding ortho intramolecular Hbond substituents is 1. The van der Waals surface area contributed by atoms with E-state index >= 15 is 0 Å². The number of phenols is 1. The highest BCUT2D eigenvalue weighted by atomic mass is 32.1. The van der Waals surface area contributed by atoms with Gasteiger partial charge in [0, 0.05) is 18.2 Å². The quantitative estimate of drug-likeness (QED) is 0.344. The van der Waals surface area contributed by atoms with Crippen LogP contribution in [0.1, 0.15) is 32.6 Å². The van der Waals surface area contributed by atoms with Crippen LogP contribution in [0.3, 0.4) is 0 Å². The van der Waals surface area contributed by atoms with Crippen LogP contribution in [0.25, 0.3) is 0 Å². The van der Waals surface area contributed by atoms with Gasteiger partial charge in [0.05, 0.1) is 10.6 Å². The van der Waals surface area contributed by atoms with Crippen LogP contribution >= 0.6 is 12.2 Å². The van der Waals surface area contributed by atoms with Gasteiger partial charge in [-0.3, -0.25) is 10.1 Å². The highest BCUT2D eigenvalue weighted by Crippen LogP contribution is 2.28. The molecule has 2 atom stereocenters. The van der Waals surface area contributed by atoms with Gasteiger partial charge in [-0.05, 0) is 37.0 Å². The van der Waals surface area contributed by atoms with Gasteiger partial charge in [0.2, 0.25) is 0 Å². The lowest BCUT2D eigenvalue weighted by Gasteiger charge is -2.30. The summed E-state index contributed by atoms with van der Waals surface area (Å²) in [7, 11) is 0. The summed E-state index contributed by atoms with van der Waals surface area (Å²) in [5.74, 6) is 0.471. The summed E-state index contributed by atoms with van der Waals surface area (Å²) < 4.78 is 0. The third-order valence-corrected chi connectivity index (χ3v) is 4.09. The summed E-state index contributed by atoms with van der Waals surface area (Å²) in [6, 6.07) is 4.11. The first kappa shape index (κ1) is 15.5. The number of hydrogen-bond donors (Lipinski definition) is 3. The maximum atomic E-state index is 10.8. The second-order valence-electron chi connectivity index (χ2n) is 5.43. The number of hydrogen-bond acceptors (Lipinski definition) is 4. The molecule has 1 aliphatic rings. The number of nitrogens with zero attached hydrogens (tertiary/aromatic N) is 1. The molecule has 0 radical (unpaired) electrons. The largest absolute Gasteiger partial charge is 0.506 e. The summed E-state index contributed by atoms with van der Waals surface area (Å²) in [5.41, 5.74) is 0.147. The van der Waals surface area contributed by atoms with Gasteiger partial charge in [-0.15, -0.1) is 0 Å². The fourth-order valence-electron chi connectivity index (χ4n) is 2.60. The molecule has 1 saturated carbocycles. The molecule has 1 aromatic carbocycles. The number of non-ortho nitro benzene ring substituents is 1. The zero-order chi connectivity index (χ0) is 15.4. The third kappa shape index (κ3) is 4.04. The van der Waals surface area contributed by atoms with Gasteiger partial charge in [-0.25, -0.2) is 0 Å². The SMILES string of the molecule is C[C@@H]1CCCC[C@H]1NC(=S)Nc1cc([N+](=O)[O-])ccc1O. The molecule has 0 aromatic heterocycles. The standard InChI is InChI=1S/C14H19N3O3S/c1-9-4-2-3-5-11(9)15-14(21)16-12-8-10(17(19)20)6-7-13(12)18/h6-9,11,18H,2-5H2,1H3,(H2,15,16,21)/t9-,11-/m1/s1. The molecule has 3 N–H and O–H groups in total. The van der Waals surface area contributed by atoms with E-state index in [-0.39, 0.29) is 17.1 Å². The van der Waals surface area contributed by atoms with Gasteiger partial charge < -0.3 is 15.7 Å². The molecule has 0 bridgehead atoms. The highest BCUT2D eigenvalue weighted by molar-refractivity contribution is 7.80. The Labute approximate surface area is 128 Å². The van der Waals surface area contributed by atoms with E-state index in [1.54, 1.807) is 0 Å². The van der Waals surface area contributed by atoms with Crippen LogP contribution in [0.5, 0.6) is 5.75 Å². The molecule has 1 fully saturated rings. The first-order chi connectivity index (χ1) is 9.97. The summed E-state index contributed by atoms with van der Waals surface area (Å²) in [6.45, 7) is 2.18. The number of anilines is 1. The Balaban J connectivity index is 2.02. The van der Waals surface area contributed by atoms with Crippen LogP contribution in [-0.4, -0.2) is 21.2 Å². The molecule has 0 heterocycles. The Morgan fingerprint density at radius 3 is 2.81 bits per heavy atom. The molecular formula is C14H19N3O3S. The molecule has 0 spiro atoms. The minimum absolute atomic E-state index is 0.0681. The lowest BCUT2D eigenvalue weighted by Crippen LogP contribution is -2.43. The molecule has 0 saturated heterocycles. The smallest absolute Gasteiger partial charge is 0.271 e. The van der Waals surface area contributed by atoms with Crippen molar-refractivity contribution < 1.29 is 10.0 Å². The zero-order valence-electron chi connectivity index (χ0n) is 11.8. The van der Waals surface area contributed by atoms with Crippen molar-refractivity contribution in [2.75, 3.05) is 5.32 Å². The molecule has 1 aromatic rings. The van der Waals surface area contributed by atoms with Gasteiger partial charge in [-0.1, -0.05) is 19.8 Å². The lowest BCUT2D eigenvalue weighted by atomic mass is 9.86. The highest BCUT2D eigenvalue weighted by Gasteiger charge is 2.22. The molecule has 0 unspecified atom stereocenters. The van der Waals surface area contributed by atoms with Crippen molar-refractivity contribution in [1.82, 2.24) is 5.32 Å². The maximum Gasteiger partial charge on any atom is 0.271 e. The number of nitro benzene ring substituents is 1. The van der Waals surface area contributed by atoms with Crippen molar-refractivity contribution in [2.45, 2.75) is 38.6 Å². The fraction of sp³-hybridized carbons (Fsp3) is 0.500. The van der Waals surface area contributed by atoms with Crippen LogP contribution in [-0.2, 0) is 0 Å². The minimum Gasteiger partial charge on any atom is -0.506 e. The van der Waals surface area contributed by atoms with E-state index < -0.39 is 4.92 Å². The van der Waals surface area contributed by atoms with Crippen molar-refractivity contribution in [3.63, 3.8) is 0 Å². The summed E-state index contributed by atoms with van der Waals surface area (Å²) in [4.78, 5) is 10.2. The monoisotopic (exact) mass is 309 g/mol. The van der Waals surface area contributed by atoms with E-state index in [9.17, 15) is 15.2 Å². The summed E-state index contributed by atoms with van der Waals surface area (Å²) >= 11 is 5.24. The Hall–Kier alpha value is -1.89. The Kier molecular flexibility index (Phi) is 4.95. The molecule has 21 heavy (non-hydrogen) atoms. The van der Waals surface area contributed by atoms with Crippen LogP contribution < -0.4 is 10.6 Å². The summed E-state index contributed by atoms with van der Waals surface area (Å²) in [6.07, 6.45) is 4.64. The first-order valence-corrected chi connectivity index (χ1v) is 7.43. The predicted molar refractivity (Wildman–Crippen MR) is 85.5 cm³/mol. The van der Waals surface area contributed by atoms with Crippen molar-refractivity contribution in [2.24, 2.45) is 5.92 Å². The minimum atomic E-state index is -0.510. The number of thiocarbonyl (C=S) groups is 1. The van der Waals surface area contributed by atoms with Crippen LogP contribution in [0, 0.1) is 16.0 Å². The van der Waals surface area contributed by atoms with Gasteiger partial charge >= 0.3 is 0 Å². The van der Waals surface area contributed by atoms with E-state index in [4.69, 9.17) is 12.2 Å². The lowest BCUT2D eigenvalue weighted by molar-refractivity contribution is -0.384. The predicted octanol–water partition coefficient (Wildman–Crippen LogP) is 3.17. The van der Waals surface area contributed by atoms with E-state index in [1.165, 1.54) is 37.5 Å². The topological polar surface area (TPSA) is 87.4 Å². The first-order valence-electron chi connectivity index (χ1n) is 7.02. The Morgan fingerprint density at radius 1 is 1.43 bits per heavy atom.